The minimum absolute atomic E-state index is 0.126. The highest BCUT2D eigenvalue weighted by Gasteiger charge is 2.02. The summed E-state index contributed by atoms with van der Waals surface area (Å²) < 4.78 is 0. The molecule has 0 saturated carbocycles. The van der Waals surface area contributed by atoms with E-state index in [9.17, 15) is 9.90 Å². The smallest absolute Gasteiger partial charge is 0.160 e. The maximum Gasteiger partial charge on any atom is 0.160 e. The molecule has 1 heterocycles. The topological polar surface area (TPSA) is 65.9 Å². The van der Waals surface area contributed by atoms with E-state index in [-0.39, 0.29) is 10.7 Å². The van der Waals surface area contributed by atoms with E-state index >= 15 is 0 Å². The van der Waals surface area contributed by atoms with E-state index in [4.69, 9.17) is 11.6 Å². The summed E-state index contributed by atoms with van der Waals surface area (Å²) in [5.41, 5.74) is 0.368. The highest BCUT2D eigenvalue weighted by molar-refractivity contribution is 6.32. The second-order valence-electron chi connectivity index (χ2n) is 1.98. The Hall–Kier alpha value is -1.16. The molecule has 1 aromatic rings. The first-order valence-electron chi connectivity index (χ1n) is 2.82. The van der Waals surface area contributed by atoms with Gasteiger partial charge in [-0.3, -0.25) is 0 Å². The van der Waals surface area contributed by atoms with Gasteiger partial charge in [-0.1, -0.05) is 11.6 Å². The highest BCUT2D eigenvalue weighted by atomic mass is 35.5. The largest absolute Gasteiger partial charge is 0.545 e. The summed E-state index contributed by atoms with van der Waals surface area (Å²) in [5.74, 6) is -1.34. The summed E-state index contributed by atoms with van der Waals surface area (Å²) in [5, 5.41) is 17.1. The van der Waals surface area contributed by atoms with Gasteiger partial charge in [0.25, 0.3) is 0 Å². The van der Waals surface area contributed by atoms with Crippen LogP contribution in [0.3, 0.4) is 0 Å². The van der Waals surface area contributed by atoms with Crippen molar-refractivity contribution >= 4 is 17.6 Å². The first kappa shape index (κ1) is 7.94. The number of aromatic carboxylic acids is 1. The van der Waals surface area contributed by atoms with E-state index in [0.29, 0.717) is 5.69 Å². The van der Waals surface area contributed by atoms with Crippen LogP contribution in [0.4, 0.5) is 0 Å². The van der Waals surface area contributed by atoms with Crippen LogP contribution < -0.4 is 5.11 Å². The van der Waals surface area contributed by atoms with Crippen LogP contribution in [0.2, 0.25) is 5.15 Å². The van der Waals surface area contributed by atoms with Crippen LogP contribution in [0.15, 0.2) is 6.07 Å². The van der Waals surface area contributed by atoms with Gasteiger partial charge in [-0.15, -0.1) is 5.10 Å². The molecule has 0 saturated heterocycles. The Morgan fingerprint density at radius 2 is 2.27 bits per heavy atom. The number of halogens is 1. The maximum atomic E-state index is 10.3. The Balaban J connectivity index is 3.23. The second-order valence-corrected chi connectivity index (χ2v) is 2.34. The van der Waals surface area contributed by atoms with E-state index < -0.39 is 5.97 Å². The van der Waals surface area contributed by atoms with Crippen molar-refractivity contribution in [3.63, 3.8) is 0 Å². The summed E-state index contributed by atoms with van der Waals surface area (Å²) in [6.45, 7) is 1.62. The Labute approximate surface area is 67.8 Å². The predicted octanol–water partition coefficient (Wildman–Crippen LogP) is -0.198. The van der Waals surface area contributed by atoms with Crippen molar-refractivity contribution in [2.24, 2.45) is 0 Å². The van der Waals surface area contributed by atoms with E-state index in [1.807, 2.05) is 0 Å². The van der Waals surface area contributed by atoms with Crippen LogP contribution in [0.5, 0.6) is 0 Å². The van der Waals surface area contributed by atoms with Gasteiger partial charge in [0, 0.05) is 5.56 Å². The van der Waals surface area contributed by atoms with Crippen LogP contribution in [0, 0.1) is 6.92 Å². The van der Waals surface area contributed by atoms with Crippen molar-refractivity contribution in [3.05, 3.63) is 22.5 Å². The van der Waals surface area contributed by atoms with Crippen LogP contribution in [0.1, 0.15) is 16.1 Å². The summed E-state index contributed by atoms with van der Waals surface area (Å²) in [6, 6.07) is 1.31. The molecule has 0 fully saturated rings. The predicted molar refractivity (Wildman–Crippen MR) is 36.1 cm³/mol. The molecule has 0 radical (unpaired) electrons. The van der Waals surface area contributed by atoms with E-state index in [1.54, 1.807) is 6.92 Å². The highest BCUT2D eigenvalue weighted by Crippen LogP contribution is 2.10. The fourth-order valence-corrected chi connectivity index (χ4v) is 0.787. The first-order valence-corrected chi connectivity index (χ1v) is 3.20. The quantitative estimate of drug-likeness (QED) is 0.587. The lowest BCUT2D eigenvalue weighted by Crippen LogP contribution is -2.23. The minimum Gasteiger partial charge on any atom is -0.545 e. The number of hydrogen-bond donors (Lipinski definition) is 0. The SMILES string of the molecule is Cc1cc(C(=O)[O-])c(Cl)nn1. The minimum atomic E-state index is -1.34. The van der Waals surface area contributed by atoms with Gasteiger partial charge in [0.15, 0.2) is 5.15 Å². The molecule has 4 nitrogen and oxygen atoms in total. The lowest BCUT2D eigenvalue weighted by Gasteiger charge is -2.02. The lowest BCUT2D eigenvalue weighted by molar-refractivity contribution is -0.255. The van der Waals surface area contributed by atoms with Gasteiger partial charge in [0.2, 0.25) is 0 Å². The molecular formula is C6H4ClN2O2-. The number of rotatable bonds is 1. The number of carboxylic acid groups (broad SMARTS) is 1. The average molecular weight is 172 g/mol. The Kier molecular flexibility index (Phi) is 2.05. The number of hydrogen-bond acceptors (Lipinski definition) is 4. The first-order chi connectivity index (χ1) is 5.11. The number of carbonyl (C=O) groups is 1. The number of aryl methyl sites for hydroxylation is 1. The summed E-state index contributed by atoms with van der Waals surface area (Å²) in [4.78, 5) is 10.3. The van der Waals surface area contributed by atoms with E-state index in [1.165, 1.54) is 6.07 Å². The Bertz CT molecular complexity index is 301. The zero-order chi connectivity index (χ0) is 8.43. The van der Waals surface area contributed by atoms with Crippen LogP contribution in [-0.2, 0) is 0 Å². The second kappa shape index (κ2) is 2.84. The Morgan fingerprint density at radius 1 is 1.64 bits per heavy atom. The third-order valence-electron chi connectivity index (χ3n) is 1.09. The number of carboxylic acids is 1. The molecule has 11 heavy (non-hydrogen) atoms. The molecule has 0 aliphatic heterocycles. The molecule has 0 aliphatic rings. The molecule has 0 N–H and O–H groups in total. The summed E-state index contributed by atoms with van der Waals surface area (Å²) in [7, 11) is 0. The van der Waals surface area contributed by atoms with E-state index in [0.717, 1.165) is 0 Å². The van der Waals surface area contributed by atoms with Crippen molar-refractivity contribution < 1.29 is 9.90 Å². The van der Waals surface area contributed by atoms with Gasteiger partial charge in [-0.05, 0) is 13.0 Å². The molecule has 0 spiro atoms. The number of nitrogens with zero attached hydrogens (tertiary/aromatic N) is 2. The lowest BCUT2D eigenvalue weighted by atomic mass is 10.3. The standard InChI is InChI=1S/C6H5ClN2O2/c1-3-2-4(6(10)11)5(7)9-8-3/h2H,1H3,(H,10,11)/p-1. The fourth-order valence-electron chi connectivity index (χ4n) is 0.617. The molecule has 0 bridgehead atoms. The van der Waals surface area contributed by atoms with Crippen molar-refractivity contribution in [1.82, 2.24) is 10.2 Å². The Morgan fingerprint density at radius 3 is 2.73 bits per heavy atom. The van der Waals surface area contributed by atoms with E-state index in [2.05, 4.69) is 10.2 Å². The van der Waals surface area contributed by atoms with Gasteiger partial charge in [0.05, 0.1) is 11.7 Å². The normalized spacial score (nSPS) is 9.64. The molecule has 1 aromatic heterocycles. The molecule has 0 aliphatic carbocycles. The zero-order valence-corrected chi connectivity index (χ0v) is 6.42. The van der Waals surface area contributed by atoms with Crippen LogP contribution in [-0.4, -0.2) is 16.2 Å². The van der Waals surface area contributed by atoms with Crippen molar-refractivity contribution in [2.45, 2.75) is 6.92 Å². The van der Waals surface area contributed by atoms with Crippen molar-refractivity contribution in [1.29, 1.82) is 0 Å². The summed E-state index contributed by atoms with van der Waals surface area (Å²) >= 11 is 5.40. The fraction of sp³-hybridized carbons (Fsp3) is 0.167. The van der Waals surface area contributed by atoms with Gasteiger partial charge >= 0.3 is 0 Å². The molecule has 0 unspecified atom stereocenters. The number of carbonyl (C=O) groups excluding carboxylic acids is 1. The zero-order valence-electron chi connectivity index (χ0n) is 5.67. The van der Waals surface area contributed by atoms with Crippen molar-refractivity contribution in [3.8, 4) is 0 Å². The third-order valence-corrected chi connectivity index (χ3v) is 1.37. The van der Waals surface area contributed by atoms with Crippen molar-refractivity contribution in [2.75, 3.05) is 0 Å². The summed E-state index contributed by atoms with van der Waals surface area (Å²) in [6.07, 6.45) is 0. The molecule has 5 heteroatoms. The third kappa shape index (κ3) is 1.65. The molecule has 0 aromatic carbocycles. The maximum absolute atomic E-state index is 10.3. The molecule has 58 valence electrons. The van der Waals surface area contributed by atoms with Gasteiger partial charge < -0.3 is 9.90 Å². The monoisotopic (exact) mass is 171 g/mol. The van der Waals surface area contributed by atoms with Crippen LogP contribution >= 0.6 is 11.6 Å². The molecular weight excluding hydrogens is 168 g/mol. The number of aromatic nitrogens is 2. The average Bonchev–Trinajstić information content (AvgIpc) is 1.94. The molecule has 0 amide bonds. The molecule has 1 rings (SSSR count). The molecule has 0 atom stereocenters. The van der Waals surface area contributed by atoms with Gasteiger partial charge in [-0.2, -0.15) is 5.10 Å². The van der Waals surface area contributed by atoms with Gasteiger partial charge in [-0.25, -0.2) is 0 Å². The van der Waals surface area contributed by atoms with Crippen LogP contribution in [0.25, 0.3) is 0 Å². The van der Waals surface area contributed by atoms with Gasteiger partial charge in [0.1, 0.15) is 0 Å².